The minimum Gasteiger partial charge on any atom is -0.493 e. The number of aliphatic imine (C=N–C) groups is 1. The summed E-state index contributed by atoms with van der Waals surface area (Å²) in [6, 6.07) is 6.04. The fraction of sp³-hybridized carbons (Fsp3) is 0.588. The van der Waals surface area contributed by atoms with E-state index >= 15 is 0 Å². The lowest BCUT2D eigenvalue weighted by Crippen LogP contribution is -2.36. The van der Waals surface area contributed by atoms with Crippen LogP contribution in [-0.2, 0) is 5.41 Å². The van der Waals surface area contributed by atoms with Gasteiger partial charge in [0.2, 0.25) is 0 Å². The van der Waals surface area contributed by atoms with Crippen molar-refractivity contribution in [3.63, 3.8) is 0 Å². The summed E-state index contributed by atoms with van der Waals surface area (Å²) in [6.45, 7) is 5.05. The Kier molecular flexibility index (Phi) is 6.09. The summed E-state index contributed by atoms with van der Waals surface area (Å²) in [5.41, 5.74) is 1.07. The number of ether oxygens (including phenoxy) is 2. The van der Waals surface area contributed by atoms with Gasteiger partial charge in [0, 0.05) is 33.6 Å². The summed E-state index contributed by atoms with van der Waals surface area (Å²) in [4.78, 5) is 8.80. The van der Waals surface area contributed by atoms with E-state index in [1.807, 2.05) is 50.1 Å². The Morgan fingerprint density at radius 1 is 1.00 bits per heavy atom. The predicted molar refractivity (Wildman–Crippen MR) is 92.2 cm³/mol. The third kappa shape index (κ3) is 4.29. The molecular formula is C17H29N3O2. The van der Waals surface area contributed by atoms with Crippen molar-refractivity contribution in [1.29, 1.82) is 0 Å². The lowest BCUT2D eigenvalue weighted by Gasteiger charge is -2.27. The van der Waals surface area contributed by atoms with Crippen LogP contribution in [0, 0.1) is 0 Å². The molecule has 0 atom stereocenters. The molecule has 22 heavy (non-hydrogen) atoms. The summed E-state index contributed by atoms with van der Waals surface area (Å²) in [5, 5.41) is 0. The number of guanidine groups is 1. The van der Waals surface area contributed by atoms with Crippen LogP contribution in [0.2, 0.25) is 0 Å². The first kappa shape index (κ1) is 18.1. The number of nitrogens with zero attached hydrogens (tertiary/aromatic N) is 3. The smallest absolute Gasteiger partial charge is 0.195 e. The van der Waals surface area contributed by atoms with E-state index in [1.54, 1.807) is 14.2 Å². The Hall–Kier alpha value is -1.91. The van der Waals surface area contributed by atoms with Crippen molar-refractivity contribution in [3.05, 3.63) is 23.8 Å². The molecule has 0 saturated heterocycles. The zero-order valence-electron chi connectivity index (χ0n) is 15.1. The maximum absolute atomic E-state index is 5.40. The Bertz CT molecular complexity index is 513. The van der Waals surface area contributed by atoms with E-state index in [1.165, 1.54) is 5.56 Å². The van der Waals surface area contributed by atoms with Gasteiger partial charge in [-0.1, -0.05) is 19.9 Å². The molecule has 1 rings (SSSR count). The Balaban J connectivity index is 3.06. The van der Waals surface area contributed by atoms with E-state index < -0.39 is 0 Å². The highest BCUT2D eigenvalue weighted by Crippen LogP contribution is 2.33. The summed E-state index contributed by atoms with van der Waals surface area (Å²) in [5.74, 6) is 2.44. The Labute approximate surface area is 134 Å². The summed E-state index contributed by atoms with van der Waals surface area (Å²) >= 11 is 0. The van der Waals surface area contributed by atoms with Gasteiger partial charge in [-0.15, -0.1) is 0 Å². The molecule has 0 spiro atoms. The van der Waals surface area contributed by atoms with Crippen molar-refractivity contribution in [2.75, 3.05) is 49.0 Å². The lowest BCUT2D eigenvalue weighted by atomic mass is 9.84. The van der Waals surface area contributed by atoms with E-state index in [-0.39, 0.29) is 5.41 Å². The van der Waals surface area contributed by atoms with Gasteiger partial charge in [0.15, 0.2) is 17.5 Å². The fourth-order valence-electron chi connectivity index (χ4n) is 2.30. The van der Waals surface area contributed by atoms with Crippen LogP contribution in [0.4, 0.5) is 0 Å². The van der Waals surface area contributed by atoms with Crippen LogP contribution in [0.15, 0.2) is 23.2 Å². The van der Waals surface area contributed by atoms with Crippen LogP contribution in [0.5, 0.6) is 11.5 Å². The molecule has 124 valence electrons. The van der Waals surface area contributed by atoms with E-state index in [4.69, 9.17) is 14.5 Å². The van der Waals surface area contributed by atoms with Crippen molar-refractivity contribution >= 4 is 5.96 Å². The summed E-state index contributed by atoms with van der Waals surface area (Å²) in [7, 11) is 11.3. The number of methoxy groups -OCH3 is 2. The van der Waals surface area contributed by atoms with Crippen molar-refractivity contribution in [2.24, 2.45) is 4.99 Å². The third-order valence-electron chi connectivity index (χ3n) is 3.58. The van der Waals surface area contributed by atoms with Crippen LogP contribution in [-0.4, -0.2) is 64.7 Å². The quantitative estimate of drug-likeness (QED) is 0.618. The normalized spacial score (nSPS) is 10.9. The molecule has 5 nitrogen and oxygen atoms in total. The average molecular weight is 307 g/mol. The lowest BCUT2D eigenvalue weighted by molar-refractivity contribution is 0.353. The zero-order valence-corrected chi connectivity index (χ0v) is 15.1. The maximum Gasteiger partial charge on any atom is 0.195 e. The third-order valence-corrected chi connectivity index (χ3v) is 3.58. The van der Waals surface area contributed by atoms with Gasteiger partial charge in [0.25, 0.3) is 0 Å². The molecule has 1 aromatic rings. The molecule has 0 fully saturated rings. The zero-order chi connectivity index (χ0) is 16.9. The molecule has 0 bridgehead atoms. The highest BCUT2D eigenvalue weighted by atomic mass is 16.5. The fourth-order valence-corrected chi connectivity index (χ4v) is 2.30. The average Bonchev–Trinajstić information content (AvgIpc) is 2.45. The van der Waals surface area contributed by atoms with E-state index in [0.29, 0.717) is 6.54 Å². The van der Waals surface area contributed by atoms with Crippen molar-refractivity contribution < 1.29 is 9.47 Å². The largest absolute Gasteiger partial charge is 0.493 e. The molecule has 1 aromatic carbocycles. The SMILES string of the molecule is COc1ccc(C(C)(C)CN=C(N(C)C)N(C)C)cc1OC. The highest BCUT2D eigenvalue weighted by molar-refractivity contribution is 5.79. The second-order valence-corrected chi connectivity index (χ2v) is 6.36. The first-order valence-electron chi connectivity index (χ1n) is 7.34. The highest BCUT2D eigenvalue weighted by Gasteiger charge is 2.22. The molecule has 0 aliphatic rings. The maximum atomic E-state index is 5.40. The first-order valence-corrected chi connectivity index (χ1v) is 7.34. The molecule has 0 saturated carbocycles. The molecule has 0 radical (unpaired) electrons. The van der Waals surface area contributed by atoms with Gasteiger partial charge < -0.3 is 19.3 Å². The van der Waals surface area contributed by atoms with Crippen molar-refractivity contribution in [2.45, 2.75) is 19.3 Å². The molecule has 0 amide bonds. The second kappa shape index (κ2) is 7.38. The number of benzene rings is 1. The molecule has 0 heterocycles. The molecule has 0 unspecified atom stereocenters. The first-order chi connectivity index (χ1) is 10.2. The van der Waals surface area contributed by atoms with Crippen molar-refractivity contribution in [1.82, 2.24) is 9.80 Å². The Morgan fingerprint density at radius 2 is 1.55 bits per heavy atom. The molecular weight excluding hydrogens is 278 g/mol. The molecule has 0 aliphatic carbocycles. The van der Waals surface area contributed by atoms with Crippen LogP contribution in [0.1, 0.15) is 19.4 Å². The van der Waals surface area contributed by atoms with Gasteiger partial charge in [0.05, 0.1) is 20.8 Å². The number of hydrogen-bond donors (Lipinski definition) is 0. The number of rotatable bonds is 5. The summed E-state index contributed by atoms with van der Waals surface area (Å²) in [6.07, 6.45) is 0. The van der Waals surface area contributed by atoms with Gasteiger partial charge in [0.1, 0.15) is 0 Å². The van der Waals surface area contributed by atoms with Gasteiger partial charge in [-0.25, -0.2) is 0 Å². The molecule has 0 aromatic heterocycles. The van der Waals surface area contributed by atoms with E-state index in [2.05, 4.69) is 19.9 Å². The van der Waals surface area contributed by atoms with E-state index in [0.717, 1.165) is 17.5 Å². The van der Waals surface area contributed by atoms with Crippen LogP contribution in [0.25, 0.3) is 0 Å². The standard InChI is InChI=1S/C17H29N3O2/c1-17(2,12-18-16(19(3)4)20(5)6)13-9-10-14(21-7)15(11-13)22-8/h9-11H,12H2,1-8H3. The predicted octanol–water partition coefficient (Wildman–Crippen LogP) is 2.46. The minimum absolute atomic E-state index is 0.100. The van der Waals surface area contributed by atoms with Gasteiger partial charge in [-0.2, -0.15) is 0 Å². The second-order valence-electron chi connectivity index (χ2n) is 6.36. The van der Waals surface area contributed by atoms with Crippen LogP contribution in [0.3, 0.4) is 0 Å². The minimum atomic E-state index is -0.100. The van der Waals surface area contributed by atoms with Crippen LogP contribution >= 0.6 is 0 Å². The van der Waals surface area contributed by atoms with E-state index in [9.17, 15) is 0 Å². The monoisotopic (exact) mass is 307 g/mol. The summed E-state index contributed by atoms with van der Waals surface area (Å²) < 4.78 is 10.7. The molecule has 0 aliphatic heterocycles. The van der Waals surface area contributed by atoms with Crippen molar-refractivity contribution in [3.8, 4) is 11.5 Å². The van der Waals surface area contributed by atoms with Gasteiger partial charge in [-0.05, 0) is 17.7 Å². The van der Waals surface area contributed by atoms with Crippen LogP contribution < -0.4 is 9.47 Å². The topological polar surface area (TPSA) is 37.3 Å². The van der Waals surface area contributed by atoms with Gasteiger partial charge in [-0.3, -0.25) is 4.99 Å². The number of hydrogen-bond acceptors (Lipinski definition) is 3. The molecule has 5 heteroatoms. The van der Waals surface area contributed by atoms with Gasteiger partial charge >= 0.3 is 0 Å². The molecule has 0 N–H and O–H groups in total. The Morgan fingerprint density at radius 3 is 2.00 bits per heavy atom.